The van der Waals surface area contributed by atoms with E-state index in [1.165, 1.54) is 12.2 Å². The molecular formula is C9H10F2N2. The molecule has 4 heteroatoms. The van der Waals surface area contributed by atoms with Crippen LogP contribution >= 0.6 is 0 Å². The van der Waals surface area contributed by atoms with Crippen molar-refractivity contribution in [2.45, 2.75) is 0 Å². The van der Waals surface area contributed by atoms with Crippen LogP contribution in [0.25, 0.3) is 6.08 Å². The molecule has 0 aromatic heterocycles. The summed E-state index contributed by atoms with van der Waals surface area (Å²) < 4.78 is 25.8. The van der Waals surface area contributed by atoms with Gasteiger partial charge >= 0.3 is 0 Å². The summed E-state index contributed by atoms with van der Waals surface area (Å²) in [5, 5.41) is 0. The summed E-state index contributed by atoms with van der Waals surface area (Å²) in [6, 6.07) is 1.99. The van der Waals surface area contributed by atoms with Gasteiger partial charge < -0.3 is 11.5 Å². The van der Waals surface area contributed by atoms with Crippen molar-refractivity contribution in [1.82, 2.24) is 0 Å². The molecule has 0 amide bonds. The molecule has 70 valence electrons. The standard InChI is InChI=1S/C9H10F2N2/c10-7-5-9(13)8(11)4-6(7)2-1-3-12/h1-2,4-5H,3,12-13H2. The lowest BCUT2D eigenvalue weighted by Crippen LogP contribution is -1.95. The first-order valence-electron chi connectivity index (χ1n) is 3.76. The molecule has 0 heterocycles. The van der Waals surface area contributed by atoms with Crippen LogP contribution in [0.2, 0.25) is 0 Å². The third-order valence-electron chi connectivity index (χ3n) is 1.55. The molecule has 0 atom stereocenters. The lowest BCUT2D eigenvalue weighted by molar-refractivity contribution is 0.602. The van der Waals surface area contributed by atoms with Crippen LogP contribution in [0.15, 0.2) is 18.2 Å². The third kappa shape index (κ3) is 2.26. The van der Waals surface area contributed by atoms with Crippen LogP contribution in [0.4, 0.5) is 14.5 Å². The second-order valence-electron chi connectivity index (χ2n) is 2.53. The lowest BCUT2D eigenvalue weighted by Gasteiger charge is -2.00. The molecule has 4 N–H and O–H groups in total. The SMILES string of the molecule is NCC=Cc1cc(F)c(N)cc1F. The Bertz CT molecular complexity index is 335. The van der Waals surface area contributed by atoms with E-state index in [4.69, 9.17) is 11.5 Å². The van der Waals surface area contributed by atoms with E-state index in [0.717, 1.165) is 12.1 Å². The van der Waals surface area contributed by atoms with Gasteiger partial charge in [0.15, 0.2) is 0 Å². The Morgan fingerprint density at radius 1 is 1.23 bits per heavy atom. The maximum atomic E-state index is 13.0. The van der Waals surface area contributed by atoms with Crippen LogP contribution in [0, 0.1) is 11.6 Å². The smallest absolute Gasteiger partial charge is 0.146 e. The summed E-state index contributed by atoms with van der Waals surface area (Å²) in [4.78, 5) is 0. The highest BCUT2D eigenvalue weighted by molar-refractivity contribution is 5.55. The first-order chi connectivity index (χ1) is 6.15. The van der Waals surface area contributed by atoms with Gasteiger partial charge in [-0.2, -0.15) is 0 Å². The van der Waals surface area contributed by atoms with Crippen molar-refractivity contribution in [3.63, 3.8) is 0 Å². The van der Waals surface area contributed by atoms with Crippen molar-refractivity contribution in [3.05, 3.63) is 35.4 Å². The summed E-state index contributed by atoms with van der Waals surface area (Å²) in [6.07, 6.45) is 2.95. The molecular weight excluding hydrogens is 174 g/mol. The molecule has 0 unspecified atom stereocenters. The zero-order valence-electron chi connectivity index (χ0n) is 6.93. The molecule has 0 spiro atoms. The van der Waals surface area contributed by atoms with E-state index in [2.05, 4.69) is 0 Å². The number of benzene rings is 1. The average Bonchev–Trinajstić information content (AvgIpc) is 2.09. The third-order valence-corrected chi connectivity index (χ3v) is 1.55. The highest BCUT2D eigenvalue weighted by Crippen LogP contribution is 2.17. The number of anilines is 1. The quantitative estimate of drug-likeness (QED) is 0.684. The second kappa shape index (κ2) is 4.00. The van der Waals surface area contributed by atoms with Gasteiger partial charge in [-0.15, -0.1) is 0 Å². The fourth-order valence-corrected chi connectivity index (χ4v) is 0.900. The van der Waals surface area contributed by atoms with E-state index >= 15 is 0 Å². The minimum Gasteiger partial charge on any atom is -0.396 e. The molecule has 2 nitrogen and oxygen atoms in total. The van der Waals surface area contributed by atoms with E-state index in [1.54, 1.807) is 0 Å². The summed E-state index contributed by atoms with van der Waals surface area (Å²) in [7, 11) is 0. The molecule has 0 saturated carbocycles. The van der Waals surface area contributed by atoms with Crippen LogP contribution in [0.1, 0.15) is 5.56 Å². The summed E-state index contributed by atoms with van der Waals surface area (Å²) in [6.45, 7) is 0.283. The molecule has 0 aliphatic rings. The molecule has 0 bridgehead atoms. The first kappa shape index (κ1) is 9.67. The zero-order valence-corrected chi connectivity index (χ0v) is 6.93. The first-order valence-corrected chi connectivity index (χ1v) is 3.76. The fraction of sp³-hybridized carbons (Fsp3) is 0.111. The highest BCUT2D eigenvalue weighted by Gasteiger charge is 2.04. The van der Waals surface area contributed by atoms with Crippen molar-refractivity contribution in [2.75, 3.05) is 12.3 Å². The zero-order chi connectivity index (χ0) is 9.84. The maximum Gasteiger partial charge on any atom is 0.146 e. The van der Waals surface area contributed by atoms with E-state index < -0.39 is 11.6 Å². The van der Waals surface area contributed by atoms with Gasteiger partial charge in [0.05, 0.1) is 5.69 Å². The lowest BCUT2D eigenvalue weighted by atomic mass is 10.1. The molecule has 13 heavy (non-hydrogen) atoms. The van der Waals surface area contributed by atoms with Gasteiger partial charge in [0.1, 0.15) is 11.6 Å². The Balaban J connectivity index is 3.08. The van der Waals surface area contributed by atoms with Gasteiger partial charge in [-0.25, -0.2) is 8.78 Å². The number of hydrogen-bond donors (Lipinski definition) is 2. The summed E-state index contributed by atoms with van der Waals surface area (Å²) in [5.74, 6) is -1.18. The maximum absolute atomic E-state index is 13.0. The van der Waals surface area contributed by atoms with Gasteiger partial charge in [-0.3, -0.25) is 0 Å². The van der Waals surface area contributed by atoms with Gasteiger partial charge in [-0.1, -0.05) is 12.2 Å². The normalized spacial score (nSPS) is 11.0. The van der Waals surface area contributed by atoms with Gasteiger partial charge in [0.25, 0.3) is 0 Å². The minimum absolute atomic E-state index is 0.150. The Hall–Kier alpha value is -1.42. The van der Waals surface area contributed by atoms with Crippen LogP contribution in [0.5, 0.6) is 0 Å². The van der Waals surface area contributed by atoms with Crippen LogP contribution in [-0.4, -0.2) is 6.54 Å². The second-order valence-corrected chi connectivity index (χ2v) is 2.53. The van der Waals surface area contributed by atoms with E-state index in [0.29, 0.717) is 0 Å². The predicted molar refractivity (Wildman–Crippen MR) is 48.9 cm³/mol. The molecule has 0 saturated heterocycles. The van der Waals surface area contributed by atoms with E-state index in [1.807, 2.05) is 0 Å². The predicted octanol–water partition coefficient (Wildman–Crippen LogP) is 1.52. The fourth-order valence-electron chi connectivity index (χ4n) is 0.900. The number of rotatable bonds is 2. The Morgan fingerprint density at radius 3 is 2.54 bits per heavy atom. The molecule has 1 aromatic carbocycles. The number of nitrogens with two attached hydrogens (primary N) is 2. The molecule has 0 radical (unpaired) electrons. The summed E-state index contributed by atoms with van der Waals surface area (Å²) in [5.41, 5.74) is 10.3. The molecule has 0 aliphatic carbocycles. The van der Waals surface area contributed by atoms with Crippen LogP contribution in [-0.2, 0) is 0 Å². The Kier molecular flexibility index (Phi) is 2.97. The van der Waals surface area contributed by atoms with E-state index in [9.17, 15) is 8.78 Å². The monoisotopic (exact) mass is 184 g/mol. The topological polar surface area (TPSA) is 52.0 Å². The summed E-state index contributed by atoms with van der Waals surface area (Å²) >= 11 is 0. The van der Waals surface area contributed by atoms with Crippen LogP contribution in [0.3, 0.4) is 0 Å². The van der Waals surface area contributed by atoms with Crippen molar-refractivity contribution in [1.29, 1.82) is 0 Å². The van der Waals surface area contributed by atoms with Crippen molar-refractivity contribution in [3.8, 4) is 0 Å². The largest absolute Gasteiger partial charge is 0.396 e. The van der Waals surface area contributed by atoms with Crippen molar-refractivity contribution < 1.29 is 8.78 Å². The van der Waals surface area contributed by atoms with E-state index in [-0.39, 0.29) is 17.8 Å². The van der Waals surface area contributed by atoms with Crippen molar-refractivity contribution in [2.24, 2.45) is 5.73 Å². The van der Waals surface area contributed by atoms with Gasteiger partial charge in [-0.05, 0) is 6.07 Å². The molecule has 1 rings (SSSR count). The Morgan fingerprint density at radius 2 is 1.92 bits per heavy atom. The van der Waals surface area contributed by atoms with Crippen molar-refractivity contribution >= 4 is 11.8 Å². The number of halogens is 2. The Labute approximate surface area is 74.8 Å². The van der Waals surface area contributed by atoms with Gasteiger partial charge in [0.2, 0.25) is 0 Å². The minimum atomic E-state index is -0.627. The van der Waals surface area contributed by atoms with Gasteiger partial charge in [0, 0.05) is 18.2 Å². The number of hydrogen-bond acceptors (Lipinski definition) is 2. The number of nitrogen functional groups attached to an aromatic ring is 1. The molecule has 0 aliphatic heterocycles. The molecule has 0 fully saturated rings. The average molecular weight is 184 g/mol. The van der Waals surface area contributed by atoms with Crippen LogP contribution < -0.4 is 11.5 Å². The highest BCUT2D eigenvalue weighted by atomic mass is 19.1. The molecule has 1 aromatic rings.